The van der Waals surface area contributed by atoms with Crippen LogP contribution in [0.5, 0.6) is 0 Å². The van der Waals surface area contributed by atoms with E-state index in [0.717, 1.165) is 0 Å². The van der Waals surface area contributed by atoms with Crippen molar-refractivity contribution < 1.29 is 0 Å². The van der Waals surface area contributed by atoms with Crippen molar-refractivity contribution in [3.63, 3.8) is 0 Å². The summed E-state index contributed by atoms with van der Waals surface area (Å²) in [5.74, 6) is 0.519. The number of allylic oxidation sites excluding steroid dienone is 3. The highest BCUT2D eigenvalue weighted by atomic mass is 14.8. The normalized spacial score (nSPS) is 33.4. The Labute approximate surface area is 66.8 Å². The van der Waals surface area contributed by atoms with Crippen LogP contribution in [0.1, 0.15) is 6.92 Å². The largest absolute Gasteiger partial charge is 0.285 e. The molecule has 0 saturated carbocycles. The number of hydrogen-bond donors (Lipinski definition) is 0. The highest BCUT2D eigenvalue weighted by Crippen LogP contribution is 2.25. The van der Waals surface area contributed by atoms with Gasteiger partial charge in [-0.25, -0.2) is 0 Å². The standard InChI is InChI=1S/C10H11N/c1-8-6-7-11-10-5-3-2-4-9(8)10/h2-7,9-10H,1H3. The molecule has 1 aliphatic carbocycles. The Morgan fingerprint density at radius 1 is 1.27 bits per heavy atom. The van der Waals surface area contributed by atoms with E-state index in [4.69, 9.17) is 0 Å². The first-order valence-corrected chi connectivity index (χ1v) is 3.93. The molecule has 0 aromatic carbocycles. The zero-order chi connectivity index (χ0) is 7.68. The first-order valence-electron chi connectivity index (χ1n) is 3.93. The Bertz CT molecular complexity index is 269. The van der Waals surface area contributed by atoms with E-state index in [2.05, 4.69) is 42.3 Å². The van der Waals surface area contributed by atoms with Crippen LogP contribution in [0, 0.1) is 5.92 Å². The average Bonchev–Trinajstić information content (AvgIpc) is 2.06. The van der Waals surface area contributed by atoms with Gasteiger partial charge in [0, 0.05) is 12.1 Å². The number of hydrogen-bond acceptors (Lipinski definition) is 1. The summed E-state index contributed by atoms with van der Waals surface area (Å²) in [6.45, 7) is 2.16. The van der Waals surface area contributed by atoms with E-state index in [9.17, 15) is 0 Å². The minimum absolute atomic E-state index is 0.366. The molecule has 1 aliphatic heterocycles. The Morgan fingerprint density at radius 3 is 2.91 bits per heavy atom. The van der Waals surface area contributed by atoms with Crippen LogP contribution in [0.3, 0.4) is 0 Å². The molecule has 0 spiro atoms. The van der Waals surface area contributed by atoms with Gasteiger partial charge in [0.25, 0.3) is 0 Å². The zero-order valence-electron chi connectivity index (χ0n) is 6.57. The molecule has 2 unspecified atom stereocenters. The van der Waals surface area contributed by atoms with Crippen molar-refractivity contribution in [2.24, 2.45) is 10.9 Å². The third-order valence-electron chi connectivity index (χ3n) is 2.23. The molecular formula is C10H11N. The van der Waals surface area contributed by atoms with Crippen molar-refractivity contribution in [1.29, 1.82) is 0 Å². The van der Waals surface area contributed by atoms with Gasteiger partial charge in [0.2, 0.25) is 0 Å². The van der Waals surface area contributed by atoms with Gasteiger partial charge >= 0.3 is 0 Å². The van der Waals surface area contributed by atoms with Crippen molar-refractivity contribution in [2.75, 3.05) is 0 Å². The van der Waals surface area contributed by atoms with Crippen LogP contribution in [0.2, 0.25) is 0 Å². The maximum atomic E-state index is 4.36. The molecule has 0 bridgehead atoms. The lowest BCUT2D eigenvalue weighted by molar-refractivity contribution is 0.647. The fraction of sp³-hybridized carbons (Fsp3) is 0.300. The second-order valence-corrected chi connectivity index (χ2v) is 3.00. The van der Waals surface area contributed by atoms with E-state index in [0.29, 0.717) is 12.0 Å². The Morgan fingerprint density at radius 2 is 2.09 bits per heavy atom. The van der Waals surface area contributed by atoms with Crippen LogP contribution in [-0.2, 0) is 0 Å². The fourth-order valence-corrected chi connectivity index (χ4v) is 1.53. The Kier molecular flexibility index (Phi) is 1.50. The summed E-state index contributed by atoms with van der Waals surface area (Å²) >= 11 is 0. The van der Waals surface area contributed by atoms with E-state index >= 15 is 0 Å². The summed E-state index contributed by atoms with van der Waals surface area (Å²) in [6.07, 6.45) is 12.5. The molecule has 2 rings (SSSR count). The molecule has 1 heterocycles. The molecule has 0 saturated heterocycles. The first-order chi connectivity index (χ1) is 5.38. The van der Waals surface area contributed by atoms with Crippen molar-refractivity contribution in [1.82, 2.24) is 0 Å². The smallest absolute Gasteiger partial charge is 0.0782 e. The molecule has 0 aromatic rings. The molecule has 1 nitrogen and oxygen atoms in total. The van der Waals surface area contributed by atoms with Gasteiger partial charge in [0.05, 0.1) is 6.04 Å². The number of fused-ring (bicyclic) bond motifs is 1. The molecule has 1 heteroatoms. The molecule has 0 aromatic heterocycles. The topological polar surface area (TPSA) is 12.4 Å². The summed E-state index contributed by atoms with van der Waals surface area (Å²) in [5.41, 5.74) is 1.41. The predicted molar refractivity (Wildman–Crippen MR) is 47.8 cm³/mol. The molecule has 0 N–H and O–H groups in total. The van der Waals surface area contributed by atoms with Crippen LogP contribution in [-0.4, -0.2) is 12.3 Å². The maximum Gasteiger partial charge on any atom is 0.0782 e. The highest BCUT2D eigenvalue weighted by Gasteiger charge is 2.20. The van der Waals surface area contributed by atoms with Crippen molar-refractivity contribution in [3.8, 4) is 0 Å². The van der Waals surface area contributed by atoms with E-state index in [1.54, 1.807) is 0 Å². The van der Waals surface area contributed by atoms with E-state index < -0.39 is 0 Å². The fourth-order valence-electron chi connectivity index (χ4n) is 1.53. The lowest BCUT2D eigenvalue weighted by Crippen LogP contribution is -2.20. The Balaban J connectivity index is 2.33. The van der Waals surface area contributed by atoms with Gasteiger partial charge in [-0.15, -0.1) is 0 Å². The third-order valence-corrected chi connectivity index (χ3v) is 2.23. The van der Waals surface area contributed by atoms with Crippen molar-refractivity contribution in [2.45, 2.75) is 13.0 Å². The van der Waals surface area contributed by atoms with Gasteiger partial charge in [0.15, 0.2) is 0 Å². The first kappa shape index (κ1) is 6.59. The van der Waals surface area contributed by atoms with Crippen molar-refractivity contribution >= 4 is 6.21 Å². The minimum atomic E-state index is 0.366. The summed E-state index contributed by atoms with van der Waals surface area (Å²) < 4.78 is 0. The molecule has 0 radical (unpaired) electrons. The van der Waals surface area contributed by atoms with Crippen LogP contribution in [0.25, 0.3) is 0 Å². The summed E-state index contributed by atoms with van der Waals surface area (Å²) in [6, 6.07) is 0.366. The molecule has 2 aliphatic rings. The second kappa shape index (κ2) is 2.50. The minimum Gasteiger partial charge on any atom is -0.285 e. The molecule has 0 fully saturated rings. The lowest BCUT2D eigenvalue weighted by Gasteiger charge is -2.23. The summed E-state index contributed by atoms with van der Waals surface area (Å²) in [5, 5.41) is 0. The lowest BCUT2D eigenvalue weighted by atomic mass is 9.87. The maximum absolute atomic E-state index is 4.36. The monoisotopic (exact) mass is 145 g/mol. The molecular weight excluding hydrogens is 134 g/mol. The molecule has 11 heavy (non-hydrogen) atoms. The van der Waals surface area contributed by atoms with E-state index in [1.165, 1.54) is 5.57 Å². The van der Waals surface area contributed by atoms with Gasteiger partial charge < -0.3 is 0 Å². The van der Waals surface area contributed by atoms with Crippen LogP contribution >= 0.6 is 0 Å². The van der Waals surface area contributed by atoms with Crippen LogP contribution in [0.15, 0.2) is 40.9 Å². The second-order valence-electron chi connectivity index (χ2n) is 3.00. The predicted octanol–water partition coefficient (Wildman–Crippen LogP) is 2.13. The summed E-state index contributed by atoms with van der Waals surface area (Å²) in [7, 11) is 0. The van der Waals surface area contributed by atoms with E-state index in [-0.39, 0.29) is 0 Å². The van der Waals surface area contributed by atoms with Gasteiger partial charge in [-0.3, -0.25) is 4.99 Å². The number of aliphatic imine (C=N–C) groups is 1. The molecule has 0 amide bonds. The van der Waals surface area contributed by atoms with Crippen molar-refractivity contribution in [3.05, 3.63) is 36.0 Å². The summed E-state index contributed by atoms with van der Waals surface area (Å²) in [4.78, 5) is 4.36. The van der Waals surface area contributed by atoms with E-state index in [1.807, 2.05) is 6.21 Å². The zero-order valence-corrected chi connectivity index (χ0v) is 6.57. The number of nitrogens with zero attached hydrogens (tertiary/aromatic N) is 1. The third kappa shape index (κ3) is 1.07. The van der Waals surface area contributed by atoms with Crippen LogP contribution in [0.4, 0.5) is 0 Å². The highest BCUT2D eigenvalue weighted by molar-refractivity contribution is 5.74. The quantitative estimate of drug-likeness (QED) is 0.495. The van der Waals surface area contributed by atoms with Gasteiger partial charge in [0.1, 0.15) is 0 Å². The Hall–Kier alpha value is -1.11. The number of rotatable bonds is 0. The SMILES string of the molecule is CC1=CC=NC2C=CC=CC12. The van der Waals surface area contributed by atoms with Gasteiger partial charge in [-0.05, 0) is 13.0 Å². The molecule has 56 valence electrons. The molecule has 2 atom stereocenters. The average molecular weight is 145 g/mol. The van der Waals surface area contributed by atoms with Gasteiger partial charge in [-0.1, -0.05) is 29.9 Å². The van der Waals surface area contributed by atoms with Gasteiger partial charge in [-0.2, -0.15) is 0 Å². The number of dihydropyridines is 1. The van der Waals surface area contributed by atoms with Crippen LogP contribution < -0.4 is 0 Å².